The minimum atomic E-state index is -0.622. The quantitative estimate of drug-likeness (QED) is 0.600. The zero-order valence-corrected chi connectivity index (χ0v) is 11.1. The third kappa shape index (κ3) is 3.87. The molecule has 1 atom stereocenters. The largest absolute Gasteiger partial charge is 0.469 e. The normalized spacial score (nSPS) is 11.5. The number of carbonyl (C=O) groups is 2. The van der Waals surface area contributed by atoms with E-state index in [1.54, 1.807) is 26.2 Å². The molecule has 0 N–H and O–H groups in total. The van der Waals surface area contributed by atoms with Crippen molar-refractivity contribution in [3.8, 4) is 0 Å². The van der Waals surface area contributed by atoms with Crippen LogP contribution in [0.4, 0.5) is 5.69 Å². The van der Waals surface area contributed by atoms with Gasteiger partial charge in [-0.05, 0) is 22.9 Å². The first-order chi connectivity index (χ1) is 8.99. The molecular formula is C13H16N2O4. The van der Waals surface area contributed by atoms with Gasteiger partial charge in [-0.3, -0.25) is 9.59 Å². The molecular weight excluding hydrogens is 248 g/mol. The number of hydrogen-bond donors (Lipinski definition) is 0. The maximum Gasteiger partial charge on any atom is 0.306 e. The zero-order valence-electron chi connectivity index (χ0n) is 11.1. The van der Waals surface area contributed by atoms with Gasteiger partial charge in [0, 0.05) is 14.1 Å². The van der Waals surface area contributed by atoms with E-state index in [4.69, 9.17) is 0 Å². The Bertz CT molecular complexity index is 468. The summed E-state index contributed by atoms with van der Waals surface area (Å²) in [5.74, 6) is -1.28. The van der Waals surface area contributed by atoms with E-state index in [2.05, 4.69) is 9.91 Å². The molecule has 19 heavy (non-hydrogen) atoms. The Balaban J connectivity index is 3.03. The van der Waals surface area contributed by atoms with Crippen molar-refractivity contribution in [2.75, 3.05) is 21.2 Å². The standard InChI is InChI=1S/C13H16N2O4/c1-15(2)13(17)11(8-12(16)19-3)9-4-6-10(14-18)7-5-9/h4-7,11H,8H2,1-3H3. The first kappa shape index (κ1) is 14.8. The molecule has 6 nitrogen and oxygen atoms in total. The van der Waals surface area contributed by atoms with Crippen LogP contribution < -0.4 is 0 Å². The molecule has 6 heteroatoms. The molecule has 1 aromatic rings. The van der Waals surface area contributed by atoms with E-state index < -0.39 is 11.9 Å². The first-order valence-electron chi connectivity index (χ1n) is 5.71. The molecule has 0 fully saturated rings. The van der Waals surface area contributed by atoms with Gasteiger partial charge in [0.15, 0.2) is 0 Å². The van der Waals surface area contributed by atoms with Gasteiger partial charge in [0.25, 0.3) is 0 Å². The first-order valence-corrected chi connectivity index (χ1v) is 5.71. The number of likely N-dealkylation sites (N-methyl/N-ethyl adjacent to an activating group) is 1. The van der Waals surface area contributed by atoms with Crippen molar-refractivity contribution in [1.29, 1.82) is 0 Å². The Morgan fingerprint density at radius 2 is 1.84 bits per heavy atom. The molecule has 102 valence electrons. The molecule has 1 unspecified atom stereocenters. The van der Waals surface area contributed by atoms with Crippen LogP contribution in [0, 0.1) is 4.91 Å². The summed E-state index contributed by atoms with van der Waals surface area (Å²) >= 11 is 0. The van der Waals surface area contributed by atoms with E-state index in [1.165, 1.54) is 24.1 Å². The van der Waals surface area contributed by atoms with Crippen LogP contribution in [-0.2, 0) is 14.3 Å². The monoisotopic (exact) mass is 264 g/mol. The van der Waals surface area contributed by atoms with Gasteiger partial charge < -0.3 is 9.64 Å². The van der Waals surface area contributed by atoms with Crippen molar-refractivity contribution >= 4 is 17.6 Å². The summed E-state index contributed by atoms with van der Waals surface area (Å²) in [7, 11) is 4.51. The van der Waals surface area contributed by atoms with E-state index in [9.17, 15) is 14.5 Å². The molecule has 1 rings (SSSR count). The molecule has 1 aromatic carbocycles. The van der Waals surface area contributed by atoms with Crippen LogP contribution >= 0.6 is 0 Å². The lowest BCUT2D eigenvalue weighted by atomic mass is 9.94. The van der Waals surface area contributed by atoms with Crippen LogP contribution in [0.15, 0.2) is 29.4 Å². The number of rotatable bonds is 5. The molecule has 0 aliphatic rings. The van der Waals surface area contributed by atoms with Crippen molar-refractivity contribution in [2.45, 2.75) is 12.3 Å². The van der Waals surface area contributed by atoms with Crippen molar-refractivity contribution < 1.29 is 14.3 Å². The average molecular weight is 264 g/mol. The van der Waals surface area contributed by atoms with Crippen molar-refractivity contribution in [3.63, 3.8) is 0 Å². The second-order valence-corrected chi connectivity index (χ2v) is 4.25. The fourth-order valence-corrected chi connectivity index (χ4v) is 1.68. The van der Waals surface area contributed by atoms with Gasteiger partial charge in [-0.1, -0.05) is 12.1 Å². The van der Waals surface area contributed by atoms with Crippen LogP contribution in [0.1, 0.15) is 17.9 Å². The fraction of sp³-hybridized carbons (Fsp3) is 0.385. The summed E-state index contributed by atoms with van der Waals surface area (Å²) in [6, 6.07) is 6.25. The lowest BCUT2D eigenvalue weighted by Gasteiger charge is -2.20. The highest BCUT2D eigenvalue weighted by atomic mass is 16.5. The average Bonchev–Trinajstić information content (AvgIpc) is 2.43. The minimum absolute atomic E-state index is 0.0403. The lowest BCUT2D eigenvalue weighted by molar-refractivity contribution is -0.144. The molecule has 0 aromatic heterocycles. The molecule has 1 amide bonds. The summed E-state index contributed by atoms with van der Waals surface area (Å²) in [6.07, 6.45) is -0.0403. The fourth-order valence-electron chi connectivity index (χ4n) is 1.68. The van der Waals surface area contributed by atoms with E-state index in [1.807, 2.05) is 0 Å². The zero-order chi connectivity index (χ0) is 14.4. The number of hydrogen-bond acceptors (Lipinski definition) is 5. The predicted octanol–water partition coefficient (Wildman–Crippen LogP) is 1.82. The molecule has 0 spiro atoms. The second-order valence-electron chi connectivity index (χ2n) is 4.25. The Morgan fingerprint density at radius 1 is 1.26 bits per heavy atom. The van der Waals surface area contributed by atoms with Gasteiger partial charge in [0.05, 0.1) is 19.4 Å². The smallest absolute Gasteiger partial charge is 0.306 e. The Kier molecular flexibility index (Phi) is 5.17. The van der Waals surface area contributed by atoms with Crippen LogP contribution in [0.3, 0.4) is 0 Å². The second kappa shape index (κ2) is 6.63. The van der Waals surface area contributed by atoms with Gasteiger partial charge in [0.1, 0.15) is 5.69 Å². The Morgan fingerprint density at radius 3 is 2.26 bits per heavy atom. The van der Waals surface area contributed by atoms with Crippen molar-refractivity contribution in [2.24, 2.45) is 5.18 Å². The van der Waals surface area contributed by atoms with Gasteiger partial charge >= 0.3 is 5.97 Å². The number of esters is 1. The van der Waals surface area contributed by atoms with Crippen LogP contribution in [0.25, 0.3) is 0 Å². The molecule has 0 heterocycles. The van der Waals surface area contributed by atoms with Crippen molar-refractivity contribution in [3.05, 3.63) is 34.7 Å². The van der Waals surface area contributed by atoms with E-state index in [0.717, 1.165) is 0 Å². The summed E-state index contributed by atoms with van der Waals surface area (Å²) in [6.45, 7) is 0. The van der Waals surface area contributed by atoms with Gasteiger partial charge in [-0.25, -0.2) is 0 Å². The third-order valence-corrected chi connectivity index (χ3v) is 2.74. The molecule has 0 radical (unpaired) electrons. The lowest BCUT2D eigenvalue weighted by Crippen LogP contribution is -2.30. The summed E-state index contributed by atoms with van der Waals surface area (Å²) in [5.41, 5.74) is 0.925. The topological polar surface area (TPSA) is 76.0 Å². The van der Waals surface area contributed by atoms with Gasteiger partial charge in [0.2, 0.25) is 5.91 Å². The number of benzene rings is 1. The number of carbonyl (C=O) groups excluding carboxylic acids is 2. The Labute approximate surface area is 111 Å². The maximum atomic E-state index is 12.1. The maximum absolute atomic E-state index is 12.1. The molecule has 0 saturated heterocycles. The summed E-state index contributed by atoms with van der Waals surface area (Å²) in [4.78, 5) is 35.2. The highest BCUT2D eigenvalue weighted by molar-refractivity contribution is 5.88. The summed E-state index contributed by atoms with van der Waals surface area (Å²) in [5, 5.41) is 2.79. The van der Waals surface area contributed by atoms with E-state index in [-0.39, 0.29) is 18.0 Å². The van der Waals surface area contributed by atoms with Crippen molar-refractivity contribution in [1.82, 2.24) is 4.90 Å². The SMILES string of the molecule is COC(=O)CC(C(=O)N(C)C)c1ccc(N=O)cc1. The highest BCUT2D eigenvalue weighted by Gasteiger charge is 2.25. The number of amides is 1. The molecule has 0 saturated carbocycles. The molecule has 0 bridgehead atoms. The number of nitrogens with zero attached hydrogens (tertiary/aromatic N) is 2. The number of nitroso groups, excluding NO2 is 1. The predicted molar refractivity (Wildman–Crippen MR) is 70.0 cm³/mol. The van der Waals surface area contributed by atoms with Crippen LogP contribution in [0.5, 0.6) is 0 Å². The number of methoxy groups -OCH3 is 1. The van der Waals surface area contributed by atoms with Gasteiger partial charge in [-0.2, -0.15) is 0 Å². The van der Waals surface area contributed by atoms with E-state index >= 15 is 0 Å². The minimum Gasteiger partial charge on any atom is -0.469 e. The summed E-state index contributed by atoms with van der Waals surface area (Å²) < 4.78 is 4.60. The third-order valence-electron chi connectivity index (χ3n) is 2.74. The highest BCUT2D eigenvalue weighted by Crippen LogP contribution is 2.24. The molecule has 0 aliphatic carbocycles. The Hall–Kier alpha value is -2.24. The van der Waals surface area contributed by atoms with Crippen LogP contribution in [-0.4, -0.2) is 38.0 Å². The number of ether oxygens (including phenoxy) is 1. The van der Waals surface area contributed by atoms with Crippen LogP contribution in [0.2, 0.25) is 0 Å². The van der Waals surface area contributed by atoms with E-state index in [0.29, 0.717) is 5.56 Å². The van der Waals surface area contributed by atoms with Gasteiger partial charge in [-0.15, -0.1) is 4.91 Å². The molecule has 0 aliphatic heterocycles.